The zero-order valence-electron chi connectivity index (χ0n) is 39.0. The van der Waals surface area contributed by atoms with Crippen LogP contribution in [-0.2, 0) is 19.0 Å². The summed E-state index contributed by atoms with van der Waals surface area (Å²) in [4.78, 5) is 52.9. The van der Waals surface area contributed by atoms with Crippen molar-refractivity contribution in [3.8, 4) is 0 Å². The fourth-order valence-electron chi connectivity index (χ4n) is 12.1. The van der Waals surface area contributed by atoms with E-state index in [1.165, 1.54) is 32.1 Å². The molecule has 14 heteroatoms. The number of fused-ring (bicyclic) bond motifs is 5. The maximum Gasteiger partial charge on any atom is 0.407 e. The van der Waals surface area contributed by atoms with Gasteiger partial charge in [0.2, 0.25) is 5.91 Å². The summed E-state index contributed by atoms with van der Waals surface area (Å²) < 4.78 is 19.0. The number of hydrogen-bond donors (Lipinski definition) is 7. The van der Waals surface area contributed by atoms with E-state index in [1.807, 2.05) is 0 Å². The second kappa shape index (κ2) is 26.6. The first-order valence-electron chi connectivity index (χ1n) is 24.8. The maximum atomic E-state index is 13.6. The van der Waals surface area contributed by atoms with Gasteiger partial charge in [0.25, 0.3) is 0 Å². The first-order chi connectivity index (χ1) is 29.9. The summed E-state index contributed by atoms with van der Waals surface area (Å²) in [5.74, 6) is 0.911. The highest BCUT2D eigenvalue weighted by molar-refractivity contribution is 5.75. The van der Waals surface area contributed by atoms with E-state index < -0.39 is 23.7 Å². The molecular formula is C48H87N7O7. The van der Waals surface area contributed by atoms with Crippen LogP contribution in [-0.4, -0.2) is 88.3 Å². The fraction of sp³-hybridized carbons (Fsp3) is 0.875. The van der Waals surface area contributed by atoms with Crippen LogP contribution in [0, 0.1) is 46.3 Å². The SMILES string of the molecule is CC/C=C/CCCCCCCCNC(=O)CC[C@@H](C)[C@H]1CC[C@H]2C3[C@H](OC(=O)NCCCN)CC4C[C@H](OC(=O)NCCCN)CC[C@]4(C)[C@H]3C[C@H](OC(=O)NCCCN)[C@]12C. The highest BCUT2D eigenvalue weighted by Crippen LogP contribution is 2.69. The minimum Gasteiger partial charge on any atom is -0.446 e. The smallest absolute Gasteiger partial charge is 0.407 e. The van der Waals surface area contributed by atoms with E-state index in [0.29, 0.717) is 90.8 Å². The van der Waals surface area contributed by atoms with Crippen LogP contribution in [0.25, 0.3) is 0 Å². The van der Waals surface area contributed by atoms with E-state index >= 15 is 0 Å². The van der Waals surface area contributed by atoms with Crippen molar-refractivity contribution >= 4 is 24.2 Å². The van der Waals surface area contributed by atoms with Gasteiger partial charge in [-0.15, -0.1) is 0 Å². The monoisotopic (exact) mass is 874 g/mol. The predicted molar refractivity (Wildman–Crippen MR) is 245 cm³/mol. The molecule has 4 rings (SSSR count). The second-order valence-electron chi connectivity index (χ2n) is 19.5. The summed E-state index contributed by atoms with van der Waals surface area (Å²) in [5.41, 5.74) is 16.6. The minimum absolute atomic E-state index is 0.0529. The molecule has 62 heavy (non-hydrogen) atoms. The Morgan fingerprint density at radius 1 is 0.677 bits per heavy atom. The lowest BCUT2D eigenvalue weighted by molar-refractivity contribution is -0.206. The van der Waals surface area contributed by atoms with Crippen molar-refractivity contribution in [1.82, 2.24) is 21.3 Å². The number of alkyl carbamates (subject to hydrolysis) is 3. The van der Waals surface area contributed by atoms with E-state index in [9.17, 15) is 19.2 Å². The van der Waals surface area contributed by atoms with Gasteiger partial charge in [-0.25, -0.2) is 14.4 Å². The topological polar surface area (TPSA) is 222 Å². The Balaban J connectivity index is 1.49. The maximum absolute atomic E-state index is 13.6. The molecule has 356 valence electrons. The number of carbonyl (C=O) groups is 4. The Morgan fingerprint density at radius 2 is 1.27 bits per heavy atom. The summed E-state index contributed by atoms with van der Waals surface area (Å²) >= 11 is 0. The Labute approximate surface area is 373 Å². The highest BCUT2D eigenvalue weighted by atomic mass is 16.6. The summed E-state index contributed by atoms with van der Waals surface area (Å²) in [6.45, 7) is 12.6. The molecule has 4 saturated carbocycles. The predicted octanol–water partition coefficient (Wildman–Crippen LogP) is 7.43. The Bertz CT molecular complexity index is 1400. The molecule has 10 N–H and O–H groups in total. The largest absolute Gasteiger partial charge is 0.446 e. The zero-order chi connectivity index (χ0) is 45.0. The molecule has 0 heterocycles. The number of hydrogen-bond acceptors (Lipinski definition) is 10. The van der Waals surface area contributed by atoms with Crippen molar-refractivity contribution in [1.29, 1.82) is 0 Å². The molecule has 0 aromatic heterocycles. The molecule has 4 aliphatic carbocycles. The van der Waals surface area contributed by atoms with Gasteiger partial charge in [-0.1, -0.05) is 65.5 Å². The molecule has 4 amide bonds. The summed E-state index contributed by atoms with van der Waals surface area (Å²) in [6.07, 6.45) is 20.3. The number of amides is 4. The average molecular weight is 874 g/mol. The second-order valence-corrected chi connectivity index (χ2v) is 19.5. The number of unbranched alkanes of at least 4 members (excludes halogenated alkanes) is 6. The first-order valence-corrected chi connectivity index (χ1v) is 24.8. The molecule has 0 aromatic rings. The van der Waals surface area contributed by atoms with Crippen molar-refractivity contribution < 1.29 is 33.4 Å². The van der Waals surface area contributed by atoms with Crippen LogP contribution in [0.5, 0.6) is 0 Å². The zero-order valence-corrected chi connectivity index (χ0v) is 39.0. The number of nitrogens with two attached hydrogens (primary N) is 3. The van der Waals surface area contributed by atoms with Crippen molar-refractivity contribution in [2.24, 2.45) is 63.5 Å². The van der Waals surface area contributed by atoms with Gasteiger partial charge < -0.3 is 52.7 Å². The van der Waals surface area contributed by atoms with Gasteiger partial charge in [0.15, 0.2) is 0 Å². The van der Waals surface area contributed by atoms with E-state index in [1.54, 1.807) is 0 Å². The number of allylic oxidation sites excluding steroid dienone is 2. The van der Waals surface area contributed by atoms with Crippen LogP contribution >= 0.6 is 0 Å². The molecular weight excluding hydrogens is 787 g/mol. The lowest BCUT2D eigenvalue weighted by atomic mass is 9.43. The molecule has 0 bridgehead atoms. The van der Waals surface area contributed by atoms with Crippen LogP contribution in [0.2, 0.25) is 0 Å². The molecule has 0 aromatic carbocycles. The quantitative estimate of drug-likeness (QED) is 0.0259. The van der Waals surface area contributed by atoms with Crippen LogP contribution < -0.4 is 38.5 Å². The van der Waals surface area contributed by atoms with E-state index in [-0.39, 0.29) is 65.1 Å². The fourth-order valence-corrected chi connectivity index (χ4v) is 12.1. The van der Waals surface area contributed by atoms with Crippen LogP contribution in [0.4, 0.5) is 14.4 Å². The molecule has 2 unspecified atom stereocenters. The Morgan fingerprint density at radius 3 is 1.92 bits per heavy atom. The van der Waals surface area contributed by atoms with Gasteiger partial charge in [-0.2, -0.15) is 0 Å². The average Bonchev–Trinajstić information content (AvgIpc) is 3.61. The third kappa shape index (κ3) is 14.5. The van der Waals surface area contributed by atoms with Gasteiger partial charge in [0.1, 0.15) is 18.3 Å². The summed E-state index contributed by atoms with van der Waals surface area (Å²) in [7, 11) is 0. The minimum atomic E-state index is -0.433. The number of nitrogens with one attached hydrogen (secondary N) is 4. The summed E-state index contributed by atoms with van der Waals surface area (Å²) in [5, 5.41) is 11.9. The molecule has 0 saturated heterocycles. The van der Waals surface area contributed by atoms with E-state index in [4.69, 9.17) is 31.4 Å². The number of carbonyl (C=O) groups excluding carboxylic acids is 4. The lowest BCUT2D eigenvalue weighted by Gasteiger charge is -2.64. The van der Waals surface area contributed by atoms with Crippen LogP contribution in [0.3, 0.4) is 0 Å². The molecule has 4 fully saturated rings. The van der Waals surface area contributed by atoms with Crippen molar-refractivity contribution in [3.63, 3.8) is 0 Å². The lowest BCUT2D eigenvalue weighted by Crippen LogP contribution is -2.64. The molecule has 4 aliphatic rings. The third-order valence-electron chi connectivity index (χ3n) is 15.5. The van der Waals surface area contributed by atoms with Gasteiger partial charge in [-0.05, 0) is 151 Å². The Kier molecular flexibility index (Phi) is 22.1. The van der Waals surface area contributed by atoms with Crippen LogP contribution in [0.15, 0.2) is 12.2 Å². The van der Waals surface area contributed by atoms with E-state index in [2.05, 4.69) is 61.1 Å². The van der Waals surface area contributed by atoms with Crippen molar-refractivity contribution in [2.75, 3.05) is 45.8 Å². The van der Waals surface area contributed by atoms with Crippen LogP contribution in [0.1, 0.15) is 156 Å². The molecule has 0 aliphatic heterocycles. The molecule has 11 atom stereocenters. The molecule has 0 radical (unpaired) electrons. The van der Waals surface area contributed by atoms with Gasteiger partial charge in [0.05, 0.1) is 0 Å². The third-order valence-corrected chi connectivity index (χ3v) is 15.5. The normalized spacial score (nSPS) is 30.6. The van der Waals surface area contributed by atoms with Crippen molar-refractivity contribution in [2.45, 2.75) is 174 Å². The summed E-state index contributed by atoms with van der Waals surface area (Å²) in [6, 6.07) is 0. The standard InChI is InChI=1S/C48H87N7O7/c1-5-6-7-8-9-10-11-12-13-14-27-52-42(56)21-18-34(2)37-19-20-38-43-39(33-41(48(37,38)4)62-46(59)55-30-17-26-51)47(3)23-22-36(60-44(57)53-28-15-24-49)31-35(47)32-40(43)61-45(58)54-29-16-25-50/h6-7,34-41,43H,5,8-33,49-51H2,1-4H3,(H,52,56)(H,53,57)(H,54,58)(H,55,59)/b7-6+/t34-,35?,36-,37-,38+,39+,40-,41+,43?,47+,48-/m1/s1. The first kappa shape index (κ1) is 51.5. The number of ether oxygens (including phenoxy) is 3. The van der Waals surface area contributed by atoms with Gasteiger partial charge >= 0.3 is 18.3 Å². The highest BCUT2D eigenvalue weighted by Gasteiger charge is 2.68. The van der Waals surface area contributed by atoms with Gasteiger partial charge in [0, 0.05) is 43.9 Å². The Hall–Kier alpha value is -3.10. The van der Waals surface area contributed by atoms with Gasteiger partial charge in [-0.3, -0.25) is 4.79 Å². The van der Waals surface area contributed by atoms with E-state index in [0.717, 1.165) is 51.4 Å². The van der Waals surface area contributed by atoms with Crippen molar-refractivity contribution in [3.05, 3.63) is 12.2 Å². The molecule has 0 spiro atoms. The molecule has 14 nitrogen and oxygen atoms in total. The number of rotatable bonds is 26.